The van der Waals surface area contributed by atoms with Gasteiger partial charge in [0.05, 0.1) is 6.54 Å². The number of hydrogen-bond donors (Lipinski definition) is 2. The van der Waals surface area contributed by atoms with Crippen LogP contribution in [-0.4, -0.2) is 29.8 Å². The van der Waals surface area contributed by atoms with Crippen LogP contribution >= 0.6 is 11.3 Å². The first-order valence-corrected chi connectivity index (χ1v) is 10.7. The molecule has 3 rings (SSSR count). The lowest BCUT2D eigenvalue weighted by atomic mass is 10.1. The average molecular weight is 497 g/mol. The van der Waals surface area contributed by atoms with Gasteiger partial charge in [-0.05, 0) is 48.7 Å². The molecule has 180 valence electrons. The van der Waals surface area contributed by atoms with E-state index in [0.717, 1.165) is 12.1 Å². The van der Waals surface area contributed by atoms with Crippen LogP contribution < -0.4 is 20.5 Å². The second kappa shape index (κ2) is 11.0. The minimum Gasteiger partial charge on any atom is -0.484 e. The highest BCUT2D eigenvalue weighted by molar-refractivity contribution is 7.11. The maximum absolute atomic E-state index is 13.8. The van der Waals surface area contributed by atoms with Gasteiger partial charge in [0.2, 0.25) is 0 Å². The van der Waals surface area contributed by atoms with Gasteiger partial charge in [-0.25, -0.2) is 9.37 Å². The zero-order valence-corrected chi connectivity index (χ0v) is 18.3. The molecule has 12 heteroatoms. The Morgan fingerprint density at radius 1 is 1.03 bits per heavy atom. The molecule has 0 atom stereocenters. The van der Waals surface area contributed by atoms with E-state index in [9.17, 15) is 27.2 Å². The highest BCUT2D eigenvalue weighted by Crippen LogP contribution is 2.25. The molecule has 1 heterocycles. The van der Waals surface area contributed by atoms with Crippen LogP contribution in [0.1, 0.15) is 25.9 Å². The van der Waals surface area contributed by atoms with Gasteiger partial charge in [0.1, 0.15) is 28.0 Å². The maximum Gasteiger partial charge on any atom is 0.573 e. The topological polar surface area (TPSA) is 104 Å². The fourth-order valence-corrected chi connectivity index (χ4v) is 3.91. The Kier molecular flexibility index (Phi) is 8.05. The predicted octanol–water partition coefficient (Wildman–Crippen LogP) is 3.76. The SMILES string of the molecule is NC(=O)c1nc(CNC(=O)COc2ccc(OC(F)(F)F)cc2)sc1CCc1ccccc1F. The zero-order valence-electron chi connectivity index (χ0n) is 17.5. The predicted molar refractivity (Wildman–Crippen MR) is 115 cm³/mol. The van der Waals surface area contributed by atoms with Crippen molar-refractivity contribution in [2.45, 2.75) is 25.7 Å². The van der Waals surface area contributed by atoms with Crippen molar-refractivity contribution >= 4 is 23.2 Å². The monoisotopic (exact) mass is 497 g/mol. The van der Waals surface area contributed by atoms with Crippen LogP contribution in [-0.2, 0) is 24.2 Å². The number of primary amides is 1. The number of nitrogens with zero attached hydrogens (tertiary/aromatic N) is 1. The molecular weight excluding hydrogens is 478 g/mol. The number of nitrogens with one attached hydrogen (secondary N) is 1. The molecule has 0 spiro atoms. The molecule has 0 aliphatic rings. The number of aryl methyl sites for hydroxylation is 2. The number of rotatable bonds is 10. The molecule has 0 radical (unpaired) electrons. The van der Waals surface area contributed by atoms with Crippen molar-refractivity contribution in [1.29, 1.82) is 0 Å². The van der Waals surface area contributed by atoms with Crippen LogP contribution in [0.3, 0.4) is 0 Å². The minimum atomic E-state index is -4.80. The van der Waals surface area contributed by atoms with E-state index in [1.165, 1.54) is 29.5 Å². The lowest BCUT2D eigenvalue weighted by Crippen LogP contribution is -2.28. The number of thiazole rings is 1. The van der Waals surface area contributed by atoms with Crippen molar-refractivity contribution < 1.29 is 36.6 Å². The van der Waals surface area contributed by atoms with Crippen LogP contribution in [0.4, 0.5) is 17.6 Å². The number of ether oxygens (including phenoxy) is 2. The molecule has 0 unspecified atom stereocenters. The van der Waals surface area contributed by atoms with Crippen molar-refractivity contribution in [3.05, 3.63) is 75.5 Å². The number of amides is 2. The number of alkyl halides is 3. The molecule has 0 aliphatic heterocycles. The third-order valence-electron chi connectivity index (χ3n) is 4.42. The van der Waals surface area contributed by atoms with Crippen LogP contribution in [0.5, 0.6) is 11.5 Å². The summed E-state index contributed by atoms with van der Waals surface area (Å²) in [6.07, 6.45) is -4.10. The molecular formula is C22H19F4N3O4S. The first kappa shape index (κ1) is 25.0. The number of benzene rings is 2. The normalized spacial score (nSPS) is 11.2. The van der Waals surface area contributed by atoms with Gasteiger partial charge >= 0.3 is 6.36 Å². The number of nitrogens with two attached hydrogens (primary N) is 1. The summed E-state index contributed by atoms with van der Waals surface area (Å²) >= 11 is 1.18. The number of carbonyl (C=O) groups is 2. The summed E-state index contributed by atoms with van der Waals surface area (Å²) < 4.78 is 59.3. The minimum absolute atomic E-state index is 0.00516. The largest absolute Gasteiger partial charge is 0.573 e. The van der Waals surface area contributed by atoms with Gasteiger partial charge in [-0.1, -0.05) is 18.2 Å². The van der Waals surface area contributed by atoms with Crippen LogP contribution in [0, 0.1) is 5.82 Å². The number of carbonyl (C=O) groups excluding carboxylic acids is 2. The zero-order chi connectivity index (χ0) is 24.7. The Bertz CT molecular complexity index is 1150. The highest BCUT2D eigenvalue weighted by Gasteiger charge is 2.31. The third-order valence-corrected chi connectivity index (χ3v) is 5.53. The first-order chi connectivity index (χ1) is 16.1. The van der Waals surface area contributed by atoms with Crippen LogP contribution in [0.25, 0.3) is 0 Å². The molecule has 0 saturated heterocycles. The summed E-state index contributed by atoms with van der Waals surface area (Å²) in [5.41, 5.74) is 5.96. The molecule has 34 heavy (non-hydrogen) atoms. The van der Waals surface area contributed by atoms with Crippen molar-refractivity contribution in [3.8, 4) is 11.5 Å². The molecule has 0 saturated carbocycles. The number of aromatic nitrogens is 1. The lowest BCUT2D eigenvalue weighted by Gasteiger charge is -2.10. The molecule has 3 aromatic rings. The molecule has 2 aromatic carbocycles. The fourth-order valence-electron chi connectivity index (χ4n) is 2.90. The van der Waals surface area contributed by atoms with Gasteiger partial charge < -0.3 is 20.5 Å². The standard InChI is InChI=1S/C22H19F4N3O4S/c23-16-4-2-1-3-13(16)5-10-17-20(21(27)31)29-19(34-17)11-28-18(30)12-32-14-6-8-15(9-7-14)33-22(24,25)26/h1-4,6-9H,5,10-12H2,(H2,27,31)(H,28,30). The summed E-state index contributed by atoms with van der Waals surface area (Å²) in [5, 5.41) is 3.00. The number of halogens is 4. The van der Waals surface area contributed by atoms with Gasteiger partial charge in [0.15, 0.2) is 6.61 Å². The summed E-state index contributed by atoms with van der Waals surface area (Å²) in [4.78, 5) is 28.5. The van der Waals surface area contributed by atoms with Gasteiger partial charge in [-0.3, -0.25) is 9.59 Å². The highest BCUT2D eigenvalue weighted by atomic mass is 32.1. The summed E-state index contributed by atoms with van der Waals surface area (Å²) in [6.45, 7) is -0.390. The molecule has 0 fully saturated rings. The van der Waals surface area contributed by atoms with E-state index in [0.29, 0.717) is 28.3 Å². The van der Waals surface area contributed by atoms with E-state index in [1.54, 1.807) is 18.2 Å². The van der Waals surface area contributed by atoms with Crippen LogP contribution in [0.2, 0.25) is 0 Å². The van der Waals surface area contributed by atoms with Gasteiger partial charge in [-0.2, -0.15) is 0 Å². The molecule has 2 amide bonds. The smallest absolute Gasteiger partial charge is 0.484 e. The van der Waals surface area contributed by atoms with E-state index in [2.05, 4.69) is 15.0 Å². The van der Waals surface area contributed by atoms with E-state index in [4.69, 9.17) is 10.5 Å². The molecule has 0 bridgehead atoms. The number of hydrogen-bond acceptors (Lipinski definition) is 6. The van der Waals surface area contributed by atoms with E-state index < -0.39 is 30.5 Å². The second-order valence-corrected chi connectivity index (χ2v) is 8.09. The molecule has 3 N–H and O–H groups in total. The third kappa shape index (κ3) is 7.44. The van der Waals surface area contributed by atoms with Gasteiger partial charge in [0, 0.05) is 4.88 Å². The average Bonchev–Trinajstić information content (AvgIpc) is 3.19. The second-order valence-electron chi connectivity index (χ2n) is 6.92. The van der Waals surface area contributed by atoms with Crippen molar-refractivity contribution in [3.63, 3.8) is 0 Å². The van der Waals surface area contributed by atoms with Gasteiger partial charge in [-0.15, -0.1) is 24.5 Å². The van der Waals surface area contributed by atoms with E-state index in [1.807, 2.05) is 0 Å². The lowest BCUT2D eigenvalue weighted by molar-refractivity contribution is -0.274. The van der Waals surface area contributed by atoms with Crippen molar-refractivity contribution in [1.82, 2.24) is 10.3 Å². The molecule has 1 aromatic heterocycles. The Balaban J connectivity index is 1.51. The Labute approximate surface area is 195 Å². The summed E-state index contributed by atoms with van der Waals surface area (Å²) in [5.74, 6) is -1.82. The Morgan fingerprint density at radius 3 is 2.35 bits per heavy atom. The van der Waals surface area contributed by atoms with Crippen molar-refractivity contribution in [2.24, 2.45) is 5.73 Å². The van der Waals surface area contributed by atoms with E-state index >= 15 is 0 Å². The van der Waals surface area contributed by atoms with Gasteiger partial charge in [0.25, 0.3) is 11.8 Å². The van der Waals surface area contributed by atoms with Crippen molar-refractivity contribution in [2.75, 3.05) is 6.61 Å². The fraction of sp³-hybridized carbons (Fsp3) is 0.227. The molecule has 7 nitrogen and oxygen atoms in total. The van der Waals surface area contributed by atoms with Crippen LogP contribution in [0.15, 0.2) is 48.5 Å². The maximum atomic E-state index is 13.8. The quantitative estimate of drug-likeness (QED) is 0.415. The summed E-state index contributed by atoms with van der Waals surface area (Å²) in [6, 6.07) is 10.9. The first-order valence-electron chi connectivity index (χ1n) is 9.88. The Morgan fingerprint density at radius 2 is 1.71 bits per heavy atom. The summed E-state index contributed by atoms with van der Waals surface area (Å²) in [7, 11) is 0. The Hall–Kier alpha value is -3.67. The molecule has 0 aliphatic carbocycles. The van der Waals surface area contributed by atoms with E-state index in [-0.39, 0.29) is 23.8 Å².